The van der Waals surface area contributed by atoms with Gasteiger partial charge in [0.05, 0.1) is 5.69 Å². The van der Waals surface area contributed by atoms with Crippen LogP contribution in [0.5, 0.6) is 0 Å². The minimum Gasteiger partial charge on any atom is -0.347 e. The van der Waals surface area contributed by atoms with Gasteiger partial charge in [-0.2, -0.15) is 5.10 Å². The summed E-state index contributed by atoms with van der Waals surface area (Å²) in [5.74, 6) is 0.522. The quantitative estimate of drug-likeness (QED) is 0.672. The second kappa shape index (κ2) is 7.43. The van der Waals surface area contributed by atoms with Gasteiger partial charge < -0.3 is 5.32 Å². The van der Waals surface area contributed by atoms with Crippen molar-refractivity contribution in [3.63, 3.8) is 0 Å². The number of amides is 1. The summed E-state index contributed by atoms with van der Waals surface area (Å²) in [5, 5.41) is 7.50. The fourth-order valence-corrected chi connectivity index (χ4v) is 3.74. The van der Waals surface area contributed by atoms with Gasteiger partial charge >= 0.3 is 5.69 Å². The summed E-state index contributed by atoms with van der Waals surface area (Å²) >= 11 is 1.19. The molecule has 140 valence electrons. The van der Waals surface area contributed by atoms with Crippen LogP contribution in [0.15, 0.2) is 35.6 Å². The van der Waals surface area contributed by atoms with E-state index in [-0.39, 0.29) is 11.6 Å². The molecule has 0 unspecified atom stereocenters. The molecule has 0 atom stereocenters. The van der Waals surface area contributed by atoms with Crippen molar-refractivity contribution < 1.29 is 4.79 Å². The van der Waals surface area contributed by atoms with Crippen LogP contribution in [0.3, 0.4) is 0 Å². The normalized spacial score (nSPS) is 13.7. The average molecular weight is 384 g/mol. The predicted molar refractivity (Wildman–Crippen MR) is 101 cm³/mol. The molecule has 3 aromatic heterocycles. The highest BCUT2D eigenvalue weighted by atomic mass is 32.1. The summed E-state index contributed by atoms with van der Waals surface area (Å²) in [6.45, 7) is 2.78. The Morgan fingerprint density at radius 3 is 3.00 bits per heavy atom. The first-order valence-corrected chi connectivity index (χ1v) is 9.73. The number of aryl methyl sites for hydroxylation is 2. The number of pyridine rings is 1. The number of rotatable bonds is 7. The van der Waals surface area contributed by atoms with Crippen LogP contribution in [-0.2, 0) is 13.1 Å². The molecule has 1 fully saturated rings. The summed E-state index contributed by atoms with van der Waals surface area (Å²) in [5.41, 5.74) is 1.30. The van der Waals surface area contributed by atoms with E-state index in [2.05, 4.69) is 20.4 Å². The van der Waals surface area contributed by atoms with Crippen molar-refractivity contribution in [2.45, 2.75) is 39.3 Å². The van der Waals surface area contributed by atoms with E-state index in [1.165, 1.54) is 39.8 Å². The first-order chi connectivity index (χ1) is 13.1. The van der Waals surface area contributed by atoms with Gasteiger partial charge in [0.15, 0.2) is 5.13 Å². The van der Waals surface area contributed by atoms with Crippen LogP contribution >= 0.6 is 11.3 Å². The van der Waals surface area contributed by atoms with Gasteiger partial charge in [-0.3, -0.25) is 9.78 Å². The number of carbonyl (C=O) groups excluding carboxylic acids is 1. The van der Waals surface area contributed by atoms with Gasteiger partial charge in [0.1, 0.15) is 11.2 Å². The molecule has 1 N–H and O–H groups in total. The molecule has 0 radical (unpaired) electrons. The van der Waals surface area contributed by atoms with E-state index < -0.39 is 0 Å². The highest BCUT2D eigenvalue weighted by Gasteiger charge is 2.22. The van der Waals surface area contributed by atoms with E-state index in [1.807, 2.05) is 12.1 Å². The lowest BCUT2D eigenvalue weighted by molar-refractivity contribution is 0.0954. The third-order valence-corrected chi connectivity index (χ3v) is 5.71. The Bertz CT molecular complexity index is 1000. The van der Waals surface area contributed by atoms with Gasteiger partial charge in [-0.25, -0.2) is 19.0 Å². The second-order valence-corrected chi connectivity index (χ2v) is 7.67. The molecule has 8 nitrogen and oxygen atoms in total. The van der Waals surface area contributed by atoms with Gasteiger partial charge in [0.25, 0.3) is 5.91 Å². The first-order valence-electron chi connectivity index (χ1n) is 8.91. The molecule has 4 rings (SSSR count). The van der Waals surface area contributed by atoms with E-state index in [9.17, 15) is 9.59 Å². The van der Waals surface area contributed by atoms with E-state index in [4.69, 9.17) is 0 Å². The Morgan fingerprint density at radius 1 is 1.41 bits per heavy atom. The minimum atomic E-state index is -0.216. The number of hydrogen-bond acceptors (Lipinski definition) is 6. The average Bonchev–Trinajstić information content (AvgIpc) is 3.33. The molecule has 3 heterocycles. The zero-order valence-electron chi connectivity index (χ0n) is 15.0. The zero-order chi connectivity index (χ0) is 18.8. The van der Waals surface area contributed by atoms with Crippen molar-refractivity contribution in [2.75, 3.05) is 0 Å². The van der Waals surface area contributed by atoms with Gasteiger partial charge in [-0.1, -0.05) is 30.2 Å². The minimum absolute atomic E-state index is 0.214. The number of hydrogen-bond donors (Lipinski definition) is 1. The standard InChI is InChI=1S/C18H20N6O2S/c1-12-15(16(25)20-10-14-3-2-7-19-9-14)27-17(22-12)23-11-21-24(18(23)26)8-6-13-4-5-13/h2-3,7,9,11,13H,4-6,8,10H2,1H3,(H,20,25). The molecule has 9 heteroatoms. The lowest BCUT2D eigenvalue weighted by atomic mass is 10.3. The van der Waals surface area contributed by atoms with Crippen molar-refractivity contribution in [3.05, 3.63) is 57.5 Å². The van der Waals surface area contributed by atoms with Crippen LogP contribution < -0.4 is 11.0 Å². The molecule has 27 heavy (non-hydrogen) atoms. The van der Waals surface area contributed by atoms with Gasteiger partial charge in [-0.05, 0) is 30.9 Å². The van der Waals surface area contributed by atoms with Crippen LogP contribution in [-0.4, -0.2) is 30.2 Å². The SMILES string of the molecule is Cc1nc(-n2cnn(CCC3CC3)c2=O)sc1C(=O)NCc1cccnc1. The van der Waals surface area contributed by atoms with Crippen LogP contribution in [0.2, 0.25) is 0 Å². The molecule has 0 aliphatic heterocycles. The maximum atomic E-state index is 12.5. The molecule has 0 saturated heterocycles. The largest absolute Gasteiger partial charge is 0.352 e. The Labute approximate surface area is 159 Å². The third-order valence-electron chi connectivity index (χ3n) is 4.55. The first kappa shape index (κ1) is 17.6. The van der Waals surface area contributed by atoms with E-state index >= 15 is 0 Å². The van der Waals surface area contributed by atoms with Crippen LogP contribution in [0.25, 0.3) is 5.13 Å². The summed E-state index contributed by atoms with van der Waals surface area (Å²) < 4.78 is 2.87. The predicted octanol–water partition coefficient (Wildman–Crippen LogP) is 1.92. The second-order valence-electron chi connectivity index (χ2n) is 6.69. The number of nitrogens with one attached hydrogen (secondary N) is 1. The number of nitrogens with zero attached hydrogens (tertiary/aromatic N) is 5. The molecular weight excluding hydrogens is 364 g/mol. The highest BCUT2D eigenvalue weighted by molar-refractivity contribution is 7.16. The maximum absolute atomic E-state index is 12.5. The van der Waals surface area contributed by atoms with Gasteiger partial charge in [0, 0.05) is 25.5 Å². The summed E-state index contributed by atoms with van der Waals surface area (Å²) in [6.07, 6.45) is 8.35. The summed E-state index contributed by atoms with van der Waals surface area (Å²) in [7, 11) is 0. The maximum Gasteiger partial charge on any atom is 0.352 e. The third kappa shape index (κ3) is 3.97. The number of thiazole rings is 1. The van der Waals surface area contributed by atoms with Crippen LogP contribution in [0.4, 0.5) is 0 Å². The molecular formula is C18H20N6O2S. The summed E-state index contributed by atoms with van der Waals surface area (Å²) in [6, 6.07) is 3.72. The lowest BCUT2D eigenvalue weighted by Crippen LogP contribution is -2.24. The Morgan fingerprint density at radius 2 is 2.26 bits per heavy atom. The van der Waals surface area contributed by atoms with Gasteiger partial charge in [0.2, 0.25) is 0 Å². The Kier molecular flexibility index (Phi) is 4.85. The number of aromatic nitrogens is 5. The topological polar surface area (TPSA) is 94.7 Å². The van der Waals surface area contributed by atoms with Crippen molar-refractivity contribution in [2.24, 2.45) is 5.92 Å². The monoisotopic (exact) mass is 384 g/mol. The number of carbonyl (C=O) groups is 1. The molecule has 1 amide bonds. The molecule has 1 aliphatic carbocycles. The molecule has 0 spiro atoms. The molecule has 0 aromatic carbocycles. The van der Waals surface area contributed by atoms with Crippen LogP contribution in [0.1, 0.15) is 40.2 Å². The molecule has 1 aliphatic rings. The smallest absolute Gasteiger partial charge is 0.347 e. The highest BCUT2D eigenvalue weighted by Crippen LogP contribution is 2.32. The summed E-state index contributed by atoms with van der Waals surface area (Å²) in [4.78, 5) is 33.9. The van der Waals surface area contributed by atoms with Crippen molar-refractivity contribution in [3.8, 4) is 5.13 Å². The van der Waals surface area contributed by atoms with Crippen molar-refractivity contribution in [1.29, 1.82) is 0 Å². The van der Waals surface area contributed by atoms with E-state index in [1.54, 1.807) is 19.3 Å². The fraction of sp³-hybridized carbons (Fsp3) is 0.389. The zero-order valence-corrected chi connectivity index (χ0v) is 15.8. The Balaban J connectivity index is 1.47. The lowest BCUT2D eigenvalue weighted by Gasteiger charge is -2.03. The van der Waals surface area contributed by atoms with E-state index in [0.29, 0.717) is 28.8 Å². The van der Waals surface area contributed by atoms with E-state index in [0.717, 1.165) is 17.9 Å². The molecule has 3 aromatic rings. The molecule has 1 saturated carbocycles. The van der Waals surface area contributed by atoms with Crippen molar-refractivity contribution >= 4 is 17.2 Å². The van der Waals surface area contributed by atoms with Crippen LogP contribution in [0, 0.1) is 12.8 Å². The fourth-order valence-electron chi connectivity index (χ4n) is 2.79. The Hall–Kier alpha value is -2.81. The van der Waals surface area contributed by atoms with Crippen molar-refractivity contribution in [1.82, 2.24) is 29.6 Å². The van der Waals surface area contributed by atoms with Gasteiger partial charge in [-0.15, -0.1) is 0 Å². The molecule has 0 bridgehead atoms.